The molecule has 1 saturated heterocycles. The lowest BCUT2D eigenvalue weighted by Crippen LogP contribution is -2.49. The van der Waals surface area contributed by atoms with Crippen molar-refractivity contribution in [2.24, 2.45) is 4.99 Å². The highest BCUT2D eigenvalue weighted by atomic mass is 16.5. The van der Waals surface area contributed by atoms with Crippen LogP contribution in [0.3, 0.4) is 0 Å². The number of piperidine rings is 1. The highest BCUT2D eigenvalue weighted by Gasteiger charge is 2.22. The van der Waals surface area contributed by atoms with Crippen LogP contribution in [-0.2, 0) is 6.54 Å². The van der Waals surface area contributed by atoms with E-state index >= 15 is 0 Å². The quantitative estimate of drug-likeness (QED) is 0.568. The third kappa shape index (κ3) is 5.86. The molecule has 150 valence electrons. The van der Waals surface area contributed by atoms with E-state index in [0.29, 0.717) is 24.7 Å². The van der Waals surface area contributed by atoms with Crippen LogP contribution in [0.4, 0.5) is 0 Å². The van der Waals surface area contributed by atoms with Crippen molar-refractivity contribution < 1.29 is 4.74 Å². The van der Waals surface area contributed by atoms with Gasteiger partial charge in [-0.25, -0.2) is 4.99 Å². The molecule has 1 aliphatic carbocycles. The van der Waals surface area contributed by atoms with Crippen molar-refractivity contribution in [2.75, 3.05) is 19.6 Å². The second-order valence-corrected chi connectivity index (χ2v) is 8.02. The monoisotopic (exact) mass is 372 g/mol. The molecule has 2 fully saturated rings. The van der Waals surface area contributed by atoms with Crippen LogP contribution in [0.2, 0.25) is 0 Å². The van der Waals surface area contributed by atoms with E-state index in [1.165, 1.54) is 32.1 Å². The number of hydrogen-bond donors (Lipinski definition) is 2. The van der Waals surface area contributed by atoms with E-state index in [1.807, 2.05) is 6.07 Å². The number of hydrogen-bond acceptors (Lipinski definition) is 3. The summed E-state index contributed by atoms with van der Waals surface area (Å²) >= 11 is 0. The number of aliphatic imine (C=N–C) groups is 1. The summed E-state index contributed by atoms with van der Waals surface area (Å²) in [4.78, 5) is 7.40. The standard InChI is InChI=1S/C22H36N4O/c1-4-23-22(25-19-12-14-26(15-13-19)17(2)3)24-16-18-8-5-6-11-21(18)27-20-9-7-10-20/h5-6,8,11,17,19-20H,4,7,9-10,12-16H2,1-3H3,(H2,23,24,25). The smallest absolute Gasteiger partial charge is 0.191 e. The second kappa shape index (κ2) is 9.98. The van der Waals surface area contributed by atoms with Crippen molar-refractivity contribution in [1.82, 2.24) is 15.5 Å². The van der Waals surface area contributed by atoms with Crippen molar-refractivity contribution in [3.05, 3.63) is 29.8 Å². The Kier molecular flexibility index (Phi) is 7.39. The summed E-state index contributed by atoms with van der Waals surface area (Å²) in [6, 6.07) is 9.46. The number of rotatable bonds is 7. The molecule has 0 spiro atoms. The minimum atomic E-state index is 0.396. The first-order valence-corrected chi connectivity index (χ1v) is 10.7. The molecule has 2 N–H and O–H groups in total. The molecule has 0 aromatic heterocycles. The first kappa shape index (κ1) is 20.0. The summed E-state index contributed by atoms with van der Waals surface area (Å²) in [6.07, 6.45) is 6.38. The fourth-order valence-electron chi connectivity index (χ4n) is 3.66. The summed E-state index contributed by atoms with van der Waals surface area (Å²) in [5, 5.41) is 7.04. The van der Waals surface area contributed by atoms with Gasteiger partial charge in [0, 0.05) is 37.3 Å². The van der Waals surface area contributed by atoms with Crippen molar-refractivity contribution >= 4 is 5.96 Å². The van der Waals surface area contributed by atoms with Gasteiger partial charge in [-0.2, -0.15) is 0 Å². The number of ether oxygens (including phenoxy) is 1. The lowest BCUT2D eigenvalue weighted by molar-refractivity contribution is 0.119. The Morgan fingerprint density at radius 1 is 1.19 bits per heavy atom. The Morgan fingerprint density at radius 3 is 2.56 bits per heavy atom. The fourth-order valence-corrected chi connectivity index (χ4v) is 3.66. The maximum absolute atomic E-state index is 6.14. The lowest BCUT2D eigenvalue weighted by atomic mass is 9.96. The second-order valence-electron chi connectivity index (χ2n) is 8.02. The third-order valence-corrected chi connectivity index (χ3v) is 5.67. The predicted molar refractivity (Wildman–Crippen MR) is 112 cm³/mol. The van der Waals surface area contributed by atoms with Crippen molar-refractivity contribution in [3.8, 4) is 5.75 Å². The summed E-state index contributed by atoms with van der Waals surface area (Å²) in [7, 11) is 0. The number of benzene rings is 1. The zero-order valence-electron chi connectivity index (χ0n) is 17.2. The molecule has 0 atom stereocenters. The lowest BCUT2D eigenvalue weighted by Gasteiger charge is -2.35. The van der Waals surface area contributed by atoms with Crippen LogP contribution in [0, 0.1) is 0 Å². The number of nitrogens with zero attached hydrogens (tertiary/aromatic N) is 2. The van der Waals surface area contributed by atoms with Gasteiger partial charge in [-0.05, 0) is 58.9 Å². The molecule has 1 heterocycles. The normalized spacial score (nSPS) is 19.8. The molecule has 1 aromatic carbocycles. The molecule has 0 unspecified atom stereocenters. The molecule has 2 aliphatic rings. The van der Waals surface area contributed by atoms with E-state index in [4.69, 9.17) is 9.73 Å². The van der Waals surface area contributed by atoms with Gasteiger partial charge in [0.15, 0.2) is 5.96 Å². The minimum absolute atomic E-state index is 0.396. The molecule has 27 heavy (non-hydrogen) atoms. The molecule has 0 radical (unpaired) electrons. The largest absolute Gasteiger partial charge is 0.490 e. The fraction of sp³-hybridized carbons (Fsp3) is 0.682. The van der Waals surface area contributed by atoms with Gasteiger partial charge < -0.3 is 20.3 Å². The Morgan fingerprint density at radius 2 is 1.93 bits per heavy atom. The average Bonchev–Trinajstić information content (AvgIpc) is 2.64. The first-order valence-electron chi connectivity index (χ1n) is 10.7. The van der Waals surface area contributed by atoms with Crippen LogP contribution in [0.25, 0.3) is 0 Å². The Hall–Kier alpha value is -1.75. The zero-order chi connectivity index (χ0) is 19.1. The van der Waals surface area contributed by atoms with Crippen molar-refractivity contribution in [2.45, 2.75) is 77.6 Å². The molecule has 0 amide bonds. The van der Waals surface area contributed by atoms with E-state index in [1.54, 1.807) is 0 Å². The Balaban J connectivity index is 1.57. The number of nitrogens with one attached hydrogen (secondary N) is 2. The van der Waals surface area contributed by atoms with Gasteiger partial charge in [0.05, 0.1) is 12.6 Å². The highest BCUT2D eigenvalue weighted by Crippen LogP contribution is 2.27. The number of guanidine groups is 1. The van der Waals surface area contributed by atoms with Crippen LogP contribution in [0.15, 0.2) is 29.3 Å². The van der Waals surface area contributed by atoms with Gasteiger partial charge in [0.25, 0.3) is 0 Å². The maximum atomic E-state index is 6.14. The zero-order valence-corrected chi connectivity index (χ0v) is 17.2. The maximum Gasteiger partial charge on any atom is 0.191 e. The summed E-state index contributed by atoms with van der Waals surface area (Å²) < 4.78 is 6.14. The van der Waals surface area contributed by atoms with E-state index in [9.17, 15) is 0 Å². The van der Waals surface area contributed by atoms with Gasteiger partial charge in [-0.3, -0.25) is 0 Å². The van der Waals surface area contributed by atoms with Gasteiger partial charge >= 0.3 is 0 Å². The highest BCUT2D eigenvalue weighted by molar-refractivity contribution is 5.80. The SMILES string of the molecule is CCNC(=NCc1ccccc1OC1CCC1)NC1CCN(C(C)C)CC1. The van der Waals surface area contributed by atoms with E-state index in [-0.39, 0.29) is 0 Å². The van der Waals surface area contributed by atoms with Crippen molar-refractivity contribution in [3.63, 3.8) is 0 Å². The molecule has 5 nitrogen and oxygen atoms in total. The van der Waals surface area contributed by atoms with Crippen LogP contribution in [0.1, 0.15) is 58.4 Å². The molecule has 0 bridgehead atoms. The molecule has 1 aromatic rings. The topological polar surface area (TPSA) is 48.9 Å². The summed E-state index contributed by atoms with van der Waals surface area (Å²) in [5.74, 6) is 1.91. The first-order chi connectivity index (χ1) is 13.2. The van der Waals surface area contributed by atoms with Crippen LogP contribution < -0.4 is 15.4 Å². The molecule has 1 aliphatic heterocycles. The summed E-state index contributed by atoms with van der Waals surface area (Å²) in [5.41, 5.74) is 1.16. The van der Waals surface area contributed by atoms with Gasteiger partial charge in [0.1, 0.15) is 5.75 Å². The number of para-hydroxylation sites is 1. The van der Waals surface area contributed by atoms with Gasteiger partial charge in [0.2, 0.25) is 0 Å². The third-order valence-electron chi connectivity index (χ3n) is 5.67. The van der Waals surface area contributed by atoms with Crippen LogP contribution in [-0.4, -0.2) is 48.7 Å². The molecular weight excluding hydrogens is 336 g/mol. The average molecular weight is 373 g/mol. The van der Waals surface area contributed by atoms with Crippen molar-refractivity contribution in [1.29, 1.82) is 0 Å². The van der Waals surface area contributed by atoms with E-state index in [2.05, 4.69) is 54.5 Å². The molecule has 3 rings (SSSR count). The summed E-state index contributed by atoms with van der Waals surface area (Å²) in [6.45, 7) is 10.5. The molecular formula is C22H36N4O. The number of likely N-dealkylation sites (tertiary alicyclic amines) is 1. The van der Waals surface area contributed by atoms with Gasteiger partial charge in [-0.1, -0.05) is 18.2 Å². The molecule has 1 saturated carbocycles. The minimum Gasteiger partial charge on any atom is -0.490 e. The van der Waals surface area contributed by atoms with E-state index in [0.717, 1.165) is 36.9 Å². The Labute approximate surface area is 164 Å². The predicted octanol–water partition coefficient (Wildman–Crippen LogP) is 3.55. The Bertz CT molecular complexity index is 604. The van der Waals surface area contributed by atoms with Gasteiger partial charge in [-0.15, -0.1) is 0 Å². The molecule has 5 heteroatoms. The van der Waals surface area contributed by atoms with Crippen LogP contribution in [0.5, 0.6) is 5.75 Å². The van der Waals surface area contributed by atoms with E-state index < -0.39 is 0 Å². The van der Waals surface area contributed by atoms with Crippen LogP contribution >= 0.6 is 0 Å².